The Labute approximate surface area is 123 Å². The molecule has 20 heavy (non-hydrogen) atoms. The smallest absolute Gasteiger partial charge is 0.239 e. The van der Waals surface area contributed by atoms with Gasteiger partial charge in [0.05, 0.1) is 12.1 Å². The molecule has 4 heteroatoms. The number of hydrogen-bond acceptors (Lipinski definition) is 3. The van der Waals surface area contributed by atoms with E-state index in [-0.39, 0.29) is 6.04 Å². The van der Waals surface area contributed by atoms with E-state index in [1.807, 2.05) is 11.9 Å². The normalized spacial score (nSPS) is 24.6. The van der Waals surface area contributed by atoms with E-state index in [0.717, 1.165) is 25.9 Å². The third-order valence-corrected chi connectivity index (χ3v) is 5.19. The van der Waals surface area contributed by atoms with Gasteiger partial charge in [0.1, 0.15) is 0 Å². The van der Waals surface area contributed by atoms with Gasteiger partial charge in [-0.25, -0.2) is 0 Å². The molecular formula is C16H30N2O2. The van der Waals surface area contributed by atoms with Crippen molar-refractivity contribution < 1.29 is 9.53 Å². The predicted octanol–water partition coefficient (Wildman–Crippen LogP) is 2.28. The van der Waals surface area contributed by atoms with Gasteiger partial charge in [0.2, 0.25) is 5.91 Å². The van der Waals surface area contributed by atoms with Crippen LogP contribution in [0.15, 0.2) is 0 Å². The number of ether oxygens (including phenoxy) is 1. The molecule has 2 aliphatic rings. The second kappa shape index (κ2) is 7.41. The number of nitrogens with zero attached hydrogens (tertiary/aromatic N) is 2. The quantitative estimate of drug-likeness (QED) is 0.793. The SMILES string of the molecule is COC1CCN(C(C)C(=O)N(C)C2CCCCC2)CC1. The van der Waals surface area contributed by atoms with E-state index in [2.05, 4.69) is 11.8 Å². The number of amides is 1. The van der Waals surface area contributed by atoms with Crippen LogP contribution in [-0.2, 0) is 9.53 Å². The zero-order valence-electron chi connectivity index (χ0n) is 13.3. The van der Waals surface area contributed by atoms with Crippen molar-refractivity contribution >= 4 is 5.91 Å². The Morgan fingerprint density at radius 1 is 1.15 bits per heavy atom. The summed E-state index contributed by atoms with van der Waals surface area (Å²) in [6.07, 6.45) is 8.71. The van der Waals surface area contributed by atoms with Crippen molar-refractivity contribution in [2.75, 3.05) is 27.2 Å². The minimum Gasteiger partial charge on any atom is -0.381 e. The fourth-order valence-corrected chi connectivity index (χ4v) is 3.60. The molecule has 1 aliphatic heterocycles. The maximum absolute atomic E-state index is 12.6. The van der Waals surface area contributed by atoms with Gasteiger partial charge in [-0.05, 0) is 32.6 Å². The highest BCUT2D eigenvalue weighted by atomic mass is 16.5. The molecule has 0 aromatic heterocycles. The van der Waals surface area contributed by atoms with Crippen LogP contribution in [-0.4, -0.2) is 61.1 Å². The van der Waals surface area contributed by atoms with Crippen LogP contribution in [0.3, 0.4) is 0 Å². The van der Waals surface area contributed by atoms with E-state index in [0.29, 0.717) is 18.1 Å². The number of rotatable bonds is 4. The molecule has 1 saturated heterocycles. The number of piperidine rings is 1. The van der Waals surface area contributed by atoms with Gasteiger partial charge in [-0.1, -0.05) is 19.3 Å². The third-order valence-electron chi connectivity index (χ3n) is 5.19. The van der Waals surface area contributed by atoms with Crippen LogP contribution in [0.5, 0.6) is 0 Å². The molecule has 1 saturated carbocycles. The third kappa shape index (κ3) is 3.73. The monoisotopic (exact) mass is 282 g/mol. The molecule has 1 atom stereocenters. The van der Waals surface area contributed by atoms with Gasteiger partial charge in [0.25, 0.3) is 0 Å². The zero-order chi connectivity index (χ0) is 14.5. The Morgan fingerprint density at radius 2 is 1.75 bits per heavy atom. The Hall–Kier alpha value is -0.610. The molecule has 2 rings (SSSR count). The lowest BCUT2D eigenvalue weighted by molar-refractivity contribution is -0.138. The number of likely N-dealkylation sites (N-methyl/N-ethyl adjacent to an activating group) is 1. The van der Waals surface area contributed by atoms with Crippen LogP contribution >= 0.6 is 0 Å². The zero-order valence-corrected chi connectivity index (χ0v) is 13.3. The number of likely N-dealkylation sites (tertiary alicyclic amines) is 1. The van der Waals surface area contributed by atoms with Crippen molar-refractivity contribution in [2.45, 2.75) is 70.1 Å². The van der Waals surface area contributed by atoms with Crippen molar-refractivity contribution in [3.8, 4) is 0 Å². The van der Waals surface area contributed by atoms with E-state index in [4.69, 9.17) is 4.74 Å². The van der Waals surface area contributed by atoms with E-state index in [1.54, 1.807) is 7.11 Å². The summed E-state index contributed by atoms with van der Waals surface area (Å²) in [7, 11) is 3.78. The fourth-order valence-electron chi connectivity index (χ4n) is 3.60. The van der Waals surface area contributed by atoms with Crippen LogP contribution in [0.4, 0.5) is 0 Å². The lowest BCUT2D eigenvalue weighted by Gasteiger charge is -2.39. The van der Waals surface area contributed by atoms with E-state index >= 15 is 0 Å². The van der Waals surface area contributed by atoms with Crippen LogP contribution in [0.25, 0.3) is 0 Å². The van der Waals surface area contributed by atoms with Gasteiger partial charge >= 0.3 is 0 Å². The summed E-state index contributed by atoms with van der Waals surface area (Å²) in [5, 5.41) is 0. The topological polar surface area (TPSA) is 32.8 Å². The number of methoxy groups -OCH3 is 1. The van der Waals surface area contributed by atoms with Crippen molar-refractivity contribution in [3.63, 3.8) is 0 Å². The summed E-state index contributed by atoms with van der Waals surface area (Å²) in [4.78, 5) is 17.0. The summed E-state index contributed by atoms with van der Waals surface area (Å²) < 4.78 is 5.40. The van der Waals surface area contributed by atoms with Crippen molar-refractivity contribution in [1.82, 2.24) is 9.80 Å². The minimum atomic E-state index is 0.0136. The minimum absolute atomic E-state index is 0.0136. The highest BCUT2D eigenvalue weighted by molar-refractivity contribution is 5.81. The van der Waals surface area contributed by atoms with Gasteiger partial charge in [0.15, 0.2) is 0 Å². The van der Waals surface area contributed by atoms with Gasteiger partial charge < -0.3 is 9.64 Å². The molecule has 1 heterocycles. The number of carbonyl (C=O) groups excluding carboxylic acids is 1. The maximum atomic E-state index is 12.6. The first kappa shape index (κ1) is 15.8. The highest BCUT2D eigenvalue weighted by Gasteiger charge is 2.31. The second-order valence-electron chi connectivity index (χ2n) is 6.39. The van der Waals surface area contributed by atoms with Crippen molar-refractivity contribution in [3.05, 3.63) is 0 Å². The largest absolute Gasteiger partial charge is 0.381 e. The maximum Gasteiger partial charge on any atom is 0.239 e. The average molecular weight is 282 g/mol. The number of hydrogen-bond donors (Lipinski definition) is 0. The molecule has 2 fully saturated rings. The Bertz CT molecular complexity index is 308. The molecule has 0 spiro atoms. The molecular weight excluding hydrogens is 252 g/mol. The van der Waals surface area contributed by atoms with Crippen LogP contribution < -0.4 is 0 Å². The Kier molecular flexibility index (Phi) is 5.85. The lowest BCUT2D eigenvalue weighted by atomic mass is 9.94. The van der Waals surface area contributed by atoms with Crippen LogP contribution in [0.1, 0.15) is 51.9 Å². The van der Waals surface area contributed by atoms with Gasteiger partial charge in [0, 0.05) is 33.3 Å². The molecule has 1 aliphatic carbocycles. The molecule has 1 amide bonds. The van der Waals surface area contributed by atoms with E-state index in [1.165, 1.54) is 32.1 Å². The standard InChI is InChI=1S/C16H30N2O2/c1-13(18-11-9-15(20-3)10-12-18)16(19)17(2)14-7-5-4-6-8-14/h13-15H,4-12H2,1-3H3. The molecule has 0 aromatic rings. The van der Waals surface area contributed by atoms with E-state index < -0.39 is 0 Å². The molecule has 0 N–H and O–H groups in total. The van der Waals surface area contributed by atoms with Crippen LogP contribution in [0, 0.1) is 0 Å². The summed E-state index contributed by atoms with van der Waals surface area (Å²) in [6.45, 7) is 4.02. The molecule has 0 radical (unpaired) electrons. The molecule has 1 unspecified atom stereocenters. The average Bonchev–Trinajstić information content (AvgIpc) is 2.53. The van der Waals surface area contributed by atoms with E-state index in [9.17, 15) is 4.79 Å². The van der Waals surface area contributed by atoms with Crippen molar-refractivity contribution in [1.29, 1.82) is 0 Å². The van der Waals surface area contributed by atoms with Crippen LogP contribution in [0.2, 0.25) is 0 Å². The summed E-state index contributed by atoms with van der Waals surface area (Å²) in [6, 6.07) is 0.481. The second-order valence-corrected chi connectivity index (χ2v) is 6.39. The predicted molar refractivity (Wildman–Crippen MR) is 80.7 cm³/mol. The molecule has 4 nitrogen and oxygen atoms in total. The summed E-state index contributed by atoms with van der Waals surface area (Å²) in [5.74, 6) is 0.299. The summed E-state index contributed by atoms with van der Waals surface area (Å²) in [5.41, 5.74) is 0. The summed E-state index contributed by atoms with van der Waals surface area (Å²) >= 11 is 0. The first-order valence-electron chi connectivity index (χ1n) is 8.17. The Morgan fingerprint density at radius 3 is 2.30 bits per heavy atom. The number of carbonyl (C=O) groups is 1. The Balaban J connectivity index is 1.84. The highest BCUT2D eigenvalue weighted by Crippen LogP contribution is 2.23. The van der Waals surface area contributed by atoms with Gasteiger partial charge in [-0.2, -0.15) is 0 Å². The van der Waals surface area contributed by atoms with Gasteiger partial charge in [-0.15, -0.1) is 0 Å². The molecule has 0 bridgehead atoms. The first-order chi connectivity index (χ1) is 9.63. The van der Waals surface area contributed by atoms with Crippen molar-refractivity contribution in [2.24, 2.45) is 0 Å². The molecule has 0 aromatic carbocycles. The first-order valence-corrected chi connectivity index (χ1v) is 8.17. The van der Waals surface area contributed by atoms with Gasteiger partial charge in [-0.3, -0.25) is 9.69 Å². The lowest BCUT2D eigenvalue weighted by Crippen LogP contribution is -2.52. The molecule has 116 valence electrons. The fraction of sp³-hybridized carbons (Fsp3) is 0.938.